The summed E-state index contributed by atoms with van der Waals surface area (Å²) < 4.78 is 25.6. The van der Waals surface area contributed by atoms with Crippen molar-refractivity contribution in [2.24, 2.45) is 0 Å². The van der Waals surface area contributed by atoms with E-state index >= 15 is 0 Å². The molecule has 0 bridgehead atoms. The predicted molar refractivity (Wildman–Crippen MR) is 50.3 cm³/mol. The molecule has 1 aliphatic heterocycles. The molecular weight excluding hydrogens is 218 g/mol. The van der Waals surface area contributed by atoms with Gasteiger partial charge in [0.2, 0.25) is 0 Å². The molecule has 0 saturated carbocycles. The van der Waals surface area contributed by atoms with Crippen molar-refractivity contribution in [2.75, 3.05) is 6.54 Å². The minimum absolute atomic E-state index is 0.162. The Morgan fingerprint density at radius 1 is 1.12 bits per heavy atom. The number of nitrogens with one attached hydrogen (secondary N) is 2. The molecule has 1 unspecified atom stereocenters. The monoisotopic (exact) mass is 226 g/mol. The highest BCUT2D eigenvalue weighted by Crippen LogP contribution is 2.17. The second-order valence-corrected chi connectivity index (χ2v) is 3.41. The summed E-state index contributed by atoms with van der Waals surface area (Å²) in [6.45, 7) is 0.162. The van der Waals surface area contributed by atoms with E-state index in [1.54, 1.807) is 0 Å². The lowest BCUT2D eigenvalue weighted by Gasteiger charge is -2.23. The summed E-state index contributed by atoms with van der Waals surface area (Å²) >= 11 is 0. The van der Waals surface area contributed by atoms with Gasteiger partial charge in [0.15, 0.2) is 11.6 Å². The maximum absolute atomic E-state index is 12.9. The fourth-order valence-corrected chi connectivity index (χ4v) is 1.48. The predicted octanol–water partition coefficient (Wildman–Crippen LogP) is 0.252. The average molecular weight is 226 g/mol. The molecule has 2 N–H and O–H groups in total. The molecule has 1 heterocycles. The molecule has 16 heavy (non-hydrogen) atoms. The number of carbonyl (C=O) groups excluding carboxylic acids is 2. The molecule has 1 atom stereocenters. The van der Waals surface area contributed by atoms with Gasteiger partial charge in [0, 0.05) is 6.54 Å². The van der Waals surface area contributed by atoms with Crippen LogP contribution in [0.25, 0.3) is 0 Å². The number of halogens is 2. The van der Waals surface area contributed by atoms with E-state index in [2.05, 4.69) is 10.6 Å². The summed E-state index contributed by atoms with van der Waals surface area (Å²) in [5.74, 6) is -3.43. The van der Waals surface area contributed by atoms with Crippen LogP contribution in [-0.2, 0) is 9.59 Å². The third-order valence-electron chi connectivity index (χ3n) is 2.32. The van der Waals surface area contributed by atoms with Crippen molar-refractivity contribution in [1.82, 2.24) is 10.6 Å². The smallest absolute Gasteiger partial charge is 0.309 e. The summed E-state index contributed by atoms with van der Waals surface area (Å²) in [5, 5.41) is 4.74. The van der Waals surface area contributed by atoms with E-state index in [1.807, 2.05) is 0 Å². The molecule has 1 aromatic carbocycles. The fraction of sp³-hybridized carbons (Fsp3) is 0.200. The van der Waals surface area contributed by atoms with Crippen LogP contribution in [0.1, 0.15) is 11.6 Å². The van der Waals surface area contributed by atoms with Crippen molar-refractivity contribution in [3.05, 3.63) is 35.4 Å². The molecule has 84 valence electrons. The largest absolute Gasteiger partial charge is 0.345 e. The number of benzene rings is 1. The Labute approximate surface area is 89.6 Å². The van der Waals surface area contributed by atoms with Gasteiger partial charge >= 0.3 is 11.8 Å². The first-order valence-electron chi connectivity index (χ1n) is 4.61. The number of hydrogen-bond donors (Lipinski definition) is 2. The van der Waals surface area contributed by atoms with E-state index in [-0.39, 0.29) is 6.54 Å². The number of carbonyl (C=O) groups is 2. The van der Waals surface area contributed by atoms with Crippen LogP contribution in [0.2, 0.25) is 0 Å². The summed E-state index contributed by atoms with van der Waals surface area (Å²) in [5.41, 5.74) is 0.409. The maximum atomic E-state index is 12.9. The van der Waals surface area contributed by atoms with Crippen molar-refractivity contribution < 1.29 is 18.4 Å². The van der Waals surface area contributed by atoms with Crippen molar-refractivity contribution in [1.29, 1.82) is 0 Å². The van der Waals surface area contributed by atoms with Gasteiger partial charge in [0.1, 0.15) is 0 Å². The zero-order valence-electron chi connectivity index (χ0n) is 8.09. The summed E-state index contributed by atoms with van der Waals surface area (Å²) in [6.07, 6.45) is 0. The van der Waals surface area contributed by atoms with Crippen molar-refractivity contribution in [3.63, 3.8) is 0 Å². The number of rotatable bonds is 1. The van der Waals surface area contributed by atoms with E-state index in [9.17, 15) is 18.4 Å². The molecule has 0 spiro atoms. The molecule has 4 nitrogen and oxygen atoms in total. The van der Waals surface area contributed by atoms with Crippen LogP contribution in [0.4, 0.5) is 8.78 Å². The third-order valence-corrected chi connectivity index (χ3v) is 2.32. The molecular formula is C10H8F2N2O2. The zero-order valence-corrected chi connectivity index (χ0v) is 8.09. The molecule has 0 radical (unpaired) electrons. The first-order chi connectivity index (χ1) is 7.58. The maximum Gasteiger partial charge on any atom is 0.309 e. The average Bonchev–Trinajstić information content (AvgIpc) is 2.26. The Kier molecular flexibility index (Phi) is 2.55. The van der Waals surface area contributed by atoms with E-state index in [4.69, 9.17) is 0 Å². The van der Waals surface area contributed by atoms with Crippen LogP contribution >= 0.6 is 0 Å². The third kappa shape index (κ3) is 1.86. The van der Waals surface area contributed by atoms with Crippen molar-refractivity contribution in [2.45, 2.75) is 6.04 Å². The molecule has 2 rings (SSSR count). The summed E-state index contributed by atoms with van der Waals surface area (Å²) in [6, 6.07) is 2.81. The SMILES string of the molecule is O=C1NCC(c2ccc(F)c(F)c2)NC1=O. The van der Waals surface area contributed by atoms with Crippen LogP contribution in [0.3, 0.4) is 0 Å². The first-order valence-corrected chi connectivity index (χ1v) is 4.61. The van der Waals surface area contributed by atoms with Crippen LogP contribution in [0.15, 0.2) is 18.2 Å². The van der Waals surface area contributed by atoms with Gasteiger partial charge in [-0.15, -0.1) is 0 Å². The van der Waals surface area contributed by atoms with Gasteiger partial charge in [-0.2, -0.15) is 0 Å². The molecule has 6 heteroatoms. The van der Waals surface area contributed by atoms with Gasteiger partial charge in [-0.05, 0) is 17.7 Å². The minimum atomic E-state index is -0.983. The lowest BCUT2D eigenvalue weighted by molar-refractivity contribution is -0.141. The first kappa shape index (κ1) is 10.5. The second kappa shape index (κ2) is 3.88. The lowest BCUT2D eigenvalue weighted by atomic mass is 10.1. The van der Waals surface area contributed by atoms with Gasteiger partial charge in [-0.1, -0.05) is 6.07 Å². The molecule has 1 aliphatic rings. The highest BCUT2D eigenvalue weighted by atomic mass is 19.2. The molecule has 0 aromatic heterocycles. The van der Waals surface area contributed by atoms with Crippen molar-refractivity contribution >= 4 is 11.8 Å². The Morgan fingerprint density at radius 2 is 1.88 bits per heavy atom. The standard InChI is InChI=1S/C10H8F2N2O2/c11-6-2-1-5(3-7(6)12)8-4-13-9(15)10(16)14-8/h1-3,8H,4H2,(H,13,15)(H,14,16). The van der Waals surface area contributed by atoms with Gasteiger partial charge in [0.25, 0.3) is 0 Å². The summed E-state index contributed by atoms with van der Waals surface area (Å²) in [7, 11) is 0. The van der Waals surface area contributed by atoms with Crippen molar-refractivity contribution in [3.8, 4) is 0 Å². The number of amides is 2. The normalized spacial score (nSPS) is 20.2. The second-order valence-electron chi connectivity index (χ2n) is 3.41. The van der Waals surface area contributed by atoms with E-state index in [0.29, 0.717) is 5.56 Å². The Bertz CT molecular complexity index is 462. The topological polar surface area (TPSA) is 58.2 Å². The van der Waals surface area contributed by atoms with E-state index in [1.165, 1.54) is 6.07 Å². The van der Waals surface area contributed by atoms with Gasteiger partial charge in [-0.3, -0.25) is 9.59 Å². The lowest BCUT2D eigenvalue weighted by Crippen LogP contribution is -2.51. The molecule has 1 aromatic rings. The van der Waals surface area contributed by atoms with Gasteiger partial charge < -0.3 is 10.6 Å². The van der Waals surface area contributed by atoms with Crippen LogP contribution in [0, 0.1) is 11.6 Å². The summed E-state index contributed by atoms with van der Waals surface area (Å²) in [4.78, 5) is 21.9. The molecule has 1 saturated heterocycles. The highest BCUT2D eigenvalue weighted by Gasteiger charge is 2.26. The highest BCUT2D eigenvalue weighted by molar-refractivity contribution is 6.35. The van der Waals surface area contributed by atoms with Gasteiger partial charge in [-0.25, -0.2) is 8.78 Å². The zero-order chi connectivity index (χ0) is 11.7. The van der Waals surface area contributed by atoms with E-state index < -0.39 is 29.5 Å². The molecule has 0 aliphatic carbocycles. The Morgan fingerprint density at radius 3 is 2.50 bits per heavy atom. The molecule has 1 fully saturated rings. The van der Waals surface area contributed by atoms with Crippen LogP contribution in [0.5, 0.6) is 0 Å². The Balaban J connectivity index is 2.22. The van der Waals surface area contributed by atoms with Gasteiger partial charge in [0.05, 0.1) is 6.04 Å². The quantitative estimate of drug-likeness (QED) is 0.674. The minimum Gasteiger partial charge on any atom is -0.345 e. The number of hydrogen-bond acceptors (Lipinski definition) is 2. The Hall–Kier alpha value is -1.98. The molecule has 2 amide bonds. The van der Waals surface area contributed by atoms with E-state index in [0.717, 1.165) is 12.1 Å². The fourth-order valence-electron chi connectivity index (χ4n) is 1.48. The van der Waals surface area contributed by atoms with Crippen LogP contribution in [-0.4, -0.2) is 18.4 Å². The number of piperazine rings is 1. The van der Waals surface area contributed by atoms with Crippen LogP contribution < -0.4 is 10.6 Å².